The van der Waals surface area contributed by atoms with E-state index in [0.29, 0.717) is 0 Å². The standard InChI is InChI=1S/C18H17NO/c1-12-6-3-4-9-16(12)18-15(11-20)10-14-8-5-7-13(2)17(14)19-18/h3-10,20H,11H2,1-2H3. The first kappa shape index (κ1) is 12.8. The van der Waals surface area contributed by atoms with Crippen LogP contribution in [0.3, 0.4) is 0 Å². The van der Waals surface area contributed by atoms with Crippen molar-refractivity contribution in [1.29, 1.82) is 0 Å². The minimum absolute atomic E-state index is 0.000545. The lowest BCUT2D eigenvalue weighted by Crippen LogP contribution is -1.97. The lowest BCUT2D eigenvalue weighted by molar-refractivity contribution is 0.282. The highest BCUT2D eigenvalue weighted by Gasteiger charge is 2.11. The van der Waals surface area contributed by atoms with Crippen molar-refractivity contribution in [2.75, 3.05) is 0 Å². The monoisotopic (exact) mass is 263 g/mol. The van der Waals surface area contributed by atoms with Crippen molar-refractivity contribution in [3.8, 4) is 11.3 Å². The Hall–Kier alpha value is -2.19. The lowest BCUT2D eigenvalue weighted by Gasteiger charge is -2.12. The number of para-hydroxylation sites is 1. The number of hydrogen-bond donors (Lipinski definition) is 1. The predicted molar refractivity (Wildman–Crippen MR) is 82.6 cm³/mol. The van der Waals surface area contributed by atoms with Gasteiger partial charge in [0.05, 0.1) is 17.8 Å². The fourth-order valence-electron chi connectivity index (χ4n) is 2.58. The maximum Gasteiger partial charge on any atom is 0.0767 e. The lowest BCUT2D eigenvalue weighted by atomic mass is 9.99. The van der Waals surface area contributed by atoms with Gasteiger partial charge in [-0.1, -0.05) is 42.5 Å². The van der Waals surface area contributed by atoms with Crippen molar-refractivity contribution in [3.63, 3.8) is 0 Å². The number of pyridine rings is 1. The van der Waals surface area contributed by atoms with Crippen LogP contribution in [-0.2, 0) is 6.61 Å². The van der Waals surface area contributed by atoms with Gasteiger partial charge in [0.2, 0.25) is 0 Å². The number of rotatable bonds is 2. The highest BCUT2D eigenvalue weighted by atomic mass is 16.3. The van der Waals surface area contributed by atoms with Crippen LogP contribution in [0.15, 0.2) is 48.5 Å². The third-order valence-corrected chi connectivity index (χ3v) is 3.70. The molecule has 0 fully saturated rings. The van der Waals surface area contributed by atoms with Gasteiger partial charge in [0.1, 0.15) is 0 Å². The van der Waals surface area contributed by atoms with E-state index in [-0.39, 0.29) is 6.61 Å². The van der Waals surface area contributed by atoms with Crippen molar-refractivity contribution in [2.24, 2.45) is 0 Å². The molecule has 1 heterocycles. The Bertz CT molecular complexity index is 777. The van der Waals surface area contributed by atoms with E-state index in [2.05, 4.69) is 32.0 Å². The summed E-state index contributed by atoms with van der Waals surface area (Å²) < 4.78 is 0. The molecular formula is C18H17NO. The minimum atomic E-state index is 0.000545. The van der Waals surface area contributed by atoms with Crippen LogP contribution >= 0.6 is 0 Å². The molecule has 2 heteroatoms. The minimum Gasteiger partial charge on any atom is -0.392 e. The number of hydrogen-bond acceptors (Lipinski definition) is 2. The van der Waals surface area contributed by atoms with E-state index in [1.165, 1.54) is 5.56 Å². The molecule has 0 aliphatic heterocycles. The molecule has 0 radical (unpaired) electrons. The maximum absolute atomic E-state index is 9.66. The molecular weight excluding hydrogens is 246 g/mol. The molecule has 2 nitrogen and oxygen atoms in total. The van der Waals surface area contributed by atoms with Gasteiger partial charge in [-0.05, 0) is 31.0 Å². The SMILES string of the molecule is Cc1ccccc1-c1nc2c(C)cccc2cc1CO. The van der Waals surface area contributed by atoms with Gasteiger partial charge in [-0.15, -0.1) is 0 Å². The van der Waals surface area contributed by atoms with Gasteiger partial charge in [0.25, 0.3) is 0 Å². The van der Waals surface area contributed by atoms with E-state index in [9.17, 15) is 5.11 Å². The molecule has 100 valence electrons. The average Bonchev–Trinajstić information content (AvgIpc) is 2.47. The van der Waals surface area contributed by atoms with Gasteiger partial charge in [0.15, 0.2) is 0 Å². The quantitative estimate of drug-likeness (QED) is 0.757. The first-order valence-corrected chi connectivity index (χ1v) is 6.77. The largest absolute Gasteiger partial charge is 0.392 e. The Morgan fingerprint density at radius 1 is 0.950 bits per heavy atom. The molecule has 0 spiro atoms. The summed E-state index contributed by atoms with van der Waals surface area (Å²) in [4.78, 5) is 4.82. The molecule has 1 aromatic heterocycles. The second-order valence-corrected chi connectivity index (χ2v) is 5.12. The smallest absolute Gasteiger partial charge is 0.0767 e. The van der Waals surface area contributed by atoms with E-state index in [0.717, 1.165) is 33.3 Å². The summed E-state index contributed by atoms with van der Waals surface area (Å²) in [5.41, 5.74) is 6.17. The Morgan fingerprint density at radius 3 is 2.45 bits per heavy atom. The molecule has 1 N–H and O–H groups in total. The summed E-state index contributed by atoms with van der Waals surface area (Å²) in [5, 5.41) is 10.7. The molecule has 2 aromatic carbocycles. The van der Waals surface area contributed by atoms with E-state index in [1.54, 1.807) is 0 Å². The summed E-state index contributed by atoms with van der Waals surface area (Å²) in [6.07, 6.45) is 0. The number of aryl methyl sites for hydroxylation is 2. The first-order valence-electron chi connectivity index (χ1n) is 6.77. The molecule has 20 heavy (non-hydrogen) atoms. The summed E-state index contributed by atoms with van der Waals surface area (Å²) in [6.45, 7) is 4.14. The van der Waals surface area contributed by atoms with Crippen molar-refractivity contribution < 1.29 is 5.11 Å². The zero-order valence-corrected chi connectivity index (χ0v) is 11.7. The topological polar surface area (TPSA) is 33.1 Å². The number of benzene rings is 2. The van der Waals surface area contributed by atoms with Crippen molar-refractivity contribution in [3.05, 3.63) is 65.2 Å². The number of aliphatic hydroxyl groups is 1. The molecule has 0 bridgehead atoms. The Balaban J connectivity index is 2.34. The molecule has 0 amide bonds. The van der Waals surface area contributed by atoms with Gasteiger partial charge < -0.3 is 5.11 Å². The molecule has 0 unspecified atom stereocenters. The Morgan fingerprint density at radius 2 is 1.70 bits per heavy atom. The summed E-state index contributed by atoms with van der Waals surface area (Å²) in [6, 6.07) is 16.3. The van der Waals surface area contributed by atoms with Crippen molar-refractivity contribution >= 4 is 10.9 Å². The predicted octanol–water partition coefficient (Wildman–Crippen LogP) is 4.01. The van der Waals surface area contributed by atoms with Crippen LogP contribution in [0.1, 0.15) is 16.7 Å². The van der Waals surface area contributed by atoms with Crippen LogP contribution in [-0.4, -0.2) is 10.1 Å². The Kier molecular flexibility index (Phi) is 3.25. The molecule has 0 saturated carbocycles. The van der Waals surface area contributed by atoms with E-state index in [1.807, 2.05) is 30.3 Å². The summed E-state index contributed by atoms with van der Waals surface area (Å²) >= 11 is 0. The average molecular weight is 263 g/mol. The van der Waals surface area contributed by atoms with Crippen LogP contribution < -0.4 is 0 Å². The highest BCUT2D eigenvalue weighted by molar-refractivity contribution is 5.86. The molecule has 3 rings (SSSR count). The zero-order valence-electron chi connectivity index (χ0n) is 11.7. The Labute approximate surface area is 118 Å². The van der Waals surface area contributed by atoms with E-state index in [4.69, 9.17) is 4.98 Å². The number of nitrogens with zero attached hydrogens (tertiary/aromatic N) is 1. The van der Waals surface area contributed by atoms with Gasteiger partial charge in [-0.3, -0.25) is 0 Å². The fourth-order valence-corrected chi connectivity index (χ4v) is 2.58. The first-order chi connectivity index (χ1) is 9.70. The van der Waals surface area contributed by atoms with Crippen molar-refractivity contribution in [2.45, 2.75) is 20.5 Å². The second kappa shape index (κ2) is 5.06. The van der Waals surface area contributed by atoms with Crippen molar-refractivity contribution in [1.82, 2.24) is 4.98 Å². The van der Waals surface area contributed by atoms with Gasteiger partial charge in [-0.25, -0.2) is 4.98 Å². The fraction of sp³-hybridized carbons (Fsp3) is 0.167. The molecule has 0 saturated heterocycles. The third-order valence-electron chi connectivity index (χ3n) is 3.70. The van der Waals surface area contributed by atoms with Crippen LogP contribution in [0.2, 0.25) is 0 Å². The molecule has 0 aliphatic carbocycles. The zero-order chi connectivity index (χ0) is 14.1. The van der Waals surface area contributed by atoms with E-state index >= 15 is 0 Å². The molecule has 3 aromatic rings. The van der Waals surface area contributed by atoms with Crippen LogP contribution in [0.4, 0.5) is 0 Å². The maximum atomic E-state index is 9.66. The second-order valence-electron chi connectivity index (χ2n) is 5.12. The third kappa shape index (κ3) is 2.08. The van der Waals surface area contributed by atoms with Crippen LogP contribution in [0.5, 0.6) is 0 Å². The van der Waals surface area contributed by atoms with Crippen LogP contribution in [0, 0.1) is 13.8 Å². The summed E-state index contributed by atoms with van der Waals surface area (Å²) in [5.74, 6) is 0. The number of aliphatic hydroxyl groups excluding tert-OH is 1. The highest BCUT2D eigenvalue weighted by Crippen LogP contribution is 2.29. The van der Waals surface area contributed by atoms with Gasteiger partial charge in [0, 0.05) is 16.5 Å². The summed E-state index contributed by atoms with van der Waals surface area (Å²) in [7, 11) is 0. The number of aromatic nitrogens is 1. The van der Waals surface area contributed by atoms with Gasteiger partial charge in [-0.2, -0.15) is 0 Å². The molecule has 0 atom stereocenters. The van der Waals surface area contributed by atoms with E-state index < -0.39 is 0 Å². The van der Waals surface area contributed by atoms with Crippen LogP contribution in [0.25, 0.3) is 22.2 Å². The molecule has 0 aliphatic rings. The van der Waals surface area contributed by atoms with Gasteiger partial charge >= 0.3 is 0 Å². The number of fused-ring (bicyclic) bond motifs is 1. The normalized spacial score (nSPS) is 10.9.